The van der Waals surface area contributed by atoms with Gasteiger partial charge in [-0.1, -0.05) is 12.8 Å². The van der Waals surface area contributed by atoms with Crippen LogP contribution in [-0.4, -0.2) is 47.7 Å². The van der Waals surface area contributed by atoms with Crippen molar-refractivity contribution in [3.63, 3.8) is 0 Å². The number of hydrogen-bond acceptors (Lipinski definition) is 6. The fourth-order valence-corrected chi connectivity index (χ4v) is 3.53. The van der Waals surface area contributed by atoms with E-state index in [1.807, 2.05) is 0 Å². The van der Waals surface area contributed by atoms with Gasteiger partial charge in [-0.05, 0) is 19.3 Å². The van der Waals surface area contributed by atoms with Gasteiger partial charge in [0.1, 0.15) is 0 Å². The lowest BCUT2D eigenvalue weighted by Gasteiger charge is -2.23. The highest BCUT2D eigenvalue weighted by Gasteiger charge is 2.56. The van der Waals surface area contributed by atoms with Gasteiger partial charge < -0.3 is 14.4 Å². The monoisotopic (exact) mass is 359 g/mol. The summed E-state index contributed by atoms with van der Waals surface area (Å²) < 4.78 is 74.4. The topological polar surface area (TPSA) is 104 Å². The van der Waals surface area contributed by atoms with Crippen LogP contribution in [-0.2, 0) is 19.6 Å². The molecule has 2 aliphatic carbocycles. The minimum Gasteiger partial charge on any atom is -0.743 e. The van der Waals surface area contributed by atoms with Crippen LogP contribution in [0.25, 0.3) is 0 Å². The number of esters is 1. The number of halogens is 3. The van der Waals surface area contributed by atoms with E-state index in [-0.39, 0.29) is 5.92 Å². The lowest BCUT2D eigenvalue weighted by molar-refractivity contribution is -0.147. The zero-order valence-electron chi connectivity index (χ0n) is 12.2. The van der Waals surface area contributed by atoms with Crippen molar-refractivity contribution in [2.24, 2.45) is 11.8 Å². The smallest absolute Gasteiger partial charge is 0.364 e. The van der Waals surface area contributed by atoms with Crippen molar-refractivity contribution >= 4 is 16.1 Å². The van der Waals surface area contributed by atoms with Gasteiger partial charge in [0.2, 0.25) is 0 Å². The van der Waals surface area contributed by atoms with Crippen LogP contribution >= 0.6 is 0 Å². The lowest BCUT2D eigenvalue weighted by atomic mass is 9.94. The third kappa shape index (κ3) is 3.80. The van der Waals surface area contributed by atoms with E-state index >= 15 is 0 Å². The van der Waals surface area contributed by atoms with E-state index in [0.717, 1.165) is 12.8 Å². The molecule has 0 bridgehead atoms. The summed E-state index contributed by atoms with van der Waals surface area (Å²) in [6.07, 6.45) is -0.967. The molecular formula is C13H18F3O6S-. The second kappa shape index (κ2) is 6.21. The summed E-state index contributed by atoms with van der Waals surface area (Å²) in [5.41, 5.74) is -0.893. The summed E-state index contributed by atoms with van der Waals surface area (Å²) in [6, 6.07) is 0. The molecule has 0 heterocycles. The van der Waals surface area contributed by atoms with Crippen molar-refractivity contribution in [2.75, 3.05) is 6.61 Å². The number of alkyl halides is 3. The van der Waals surface area contributed by atoms with Gasteiger partial charge in [0.15, 0.2) is 16.3 Å². The highest BCUT2D eigenvalue weighted by atomic mass is 32.2. The first-order chi connectivity index (χ1) is 10.5. The molecule has 0 aromatic heterocycles. The van der Waals surface area contributed by atoms with Crippen LogP contribution in [0.5, 0.6) is 0 Å². The molecular weight excluding hydrogens is 341 g/mol. The van der Waals surface area contributed by atoms with Crippen LogP contribution in [0.1, 0.15) is 38.5 Å². The van der Waals surface area contributed by atoms with Crippen molar-refractivity contribution in [1.29, 1.82) is 0 Å². The third-order valence-corrected chi connectivity index (χ3v) is 5.49. The predicted octanol–water partition coefficient (Wildman–Crippen LogP) is 1.34. The Labute approximate surface area is 131 Å². The largest absolute Gasteiger partial charge is 0.743 e. The zero-order chi connectivity index (χ0) is 17.5. The minimum absolute atomic E-state index is 0.234. The van der Waals surface area contributed by atoms with E-state index in [0.29, 0.717) is 19.3 Å². The van der Waals surface area contributed by atoms with Gasteiger partial charge in [-0.15, -0.1) is 0 Å². The second-order valence-corrected chi connectivity index (χ2v) is 7.65. The highest BCUT2D eigenvalue weighted by Crippen LogP contribution is 2.53. The Balaban J connectivity index is 1.76. The quantitative estimate of drug-likeness (QED) is 0.543. The van der Waals surface area contributed by atoms with E-state index in [9.17, 15) is 36.0 Å². The number of ether oxygens (including phenoxy) is 1. The molecule has 2 rings (SSSR count). The van der Waals surface area contributed by atoms with E-state index in [2.05, 4.69) is 4.74 Å². The molecule has 0 radical (unpaired) electrons. The molecule has 0 aromatic rings. The summed E-state index contributed by atoms with van der Waals surface area (Å²) in [5, 5.41) is 5.24. The maximum Gasteiger partial charge on any atom is 0.364 e. The van der Waals surface area contributed by atoms with Crippen LogP contribution in [0.4, 0.5) is 13.2 Å². The van der Waals surface area contributed by atoms with Gasteiger partial charge in [-0.3, -0.25) is 4.79 Å². The molecule has 0 aliphatic heterocycles. The van der Waals surface area contributed by atoms with E-state index < -0.39 is 52.1 Å². The summed E-state index contributed by atoms with van der Waals surface area (Å²) in [5.74, 6) is -1.50. The normalized spacial score (nSPS) is 28.4. The van der Waals surface area contributed by atoms with E-state index in [1.165, 1.54) is 0 Å². The molecule has 6 nitrogen and oxygen atoms in total. The Kier molecular flexibility index (Phi) is 4.99. The number of carbonyl (C=O) groups is 1. The number of aliphatic hydroxyl groups is 1. The highest BCUT2D eigenvalue weighted by molar-refractivity contribution is 7.86. The summed E-state index contributed by atoms with van der Waals surface area (Å²) >= 11 is 0. The van der Waals surface area contributed by atoms with Crippen molar-refractivity contribution in [2.45, 2.75) is 55.6 Å². The molecule has 0 saturated heterocycles. The fourth-order valence-electron chi connectivity index (χ4n) is 3.10. The van der Waals surface area contributed by atoms with Gasteiger partial charge >= 0.3 is 11.2 Å². The van der Waals surface area contributed by atoms with Gasteiger partial charge in [-0.25, -0.2) is 12.8 Å². The maximum absolute atomic E-state index is 13.2. The molecule has 0 amide bonds. The van der Waals surface area contributed by atoms with Crippen LogP contribution in [0.3, 0.4) is 0 Å². The van der Waals surface area contributed by atoms with Gasteiger partial charge in [0, 0.05) is 12.3 Å². The van der Waals surface area contributed by atoms with E-state index in [4.69, 9.17) is 0 Å². The number of hydrogen-bond donors (Lipinski definition) is 1. The SMILES string of the molecule is O=C(OCCC(F)C(F)(F)S(=O)(=O)[O-])C1CC1C1(O)CCCC1. The summed E-state index contributed by atoms with van der Waals surface area (Å²) in [4.78, 5) is 11.7. The lowest BCUT2D eigenvalue weighted by Crippen LogP contribution is -2.39. The first-order valence-electron chi connectivity index (χ1n) is 7.35. The average Bonchev–Trinajstić information content (AvgIpc) is 3.14. The molecule has 3 unspecified atom stereocenters. The second-order valence-electron chi connectivity index (χ2n) is 6.20. The first kappa shape index (κ1) is 18.5. The fraction of sp³-hybridized carbons (Fsp3) is 0.923. The third-order valence-electron chi connectivity index (χ3n) is 4.57. The molecule has 1 N–H and O–H groups in total. The van der Waals surface area contributed by atoms with Crippen molar-refractivity contribution in [3.05, 3.63) is 0 Å². The Hall–Kier alpha value is -0.870. The molecule has 10 heteroatoms. The van der Waals surface area contributed by atoms with E-state index in [1.54, 1.807) is 0 Å². The molecule has 134 valence electrons. The molecule has 2 saturated carbocycles. The maximum atomic E-state index is 13.2. The molecule has 2 aliphatic rings. The molecule has 0 aromatic carbocycles. The molecule has 0 spiro atoms. The predicted molar refractivity (Wildman–Crippen MR) is 70.1 cm³/mol. The molecule has 2 fully saturated rings. The molecule has 3 atom stereocenters. The standard InChI is InChI=1S/C13H19F3O6S/c14-10(13(15,16)23(19,20)21)3-6-22-11(17)8-7-9(8)12(18)4-1-2-5-12/h8-10,18H,1-7H2,(H,19,20,21)/p-1. The van der Waals surface area contributed by atoms with Gasteiger partial charge in [0.05, 0.1) is 18.1 Å². The summed E-state index contributed by atoms with van der Waals surface area (Å²) in [6.45, 7) is -0.757. The Morgan fingerprint density at radius 2 is 1.96 bits per heavy atom. The molecule has 23 heavy (non-hydrogen) atoms. The van der Waals surface area contributed by atoms with Crippen molar-refractivity contribution < 1.29 is 40.8 Å². The van der Waals surface area contributed by atoms with Crippen LogP contribution in [0.15, 0.2) is 0 Å². The van der Waals surface area contributed by atoms with Crippen LogP contribution in [0, 0.1) is 11.8 Å². The zero-order valence-corrected chi connectivity index (χ0v) is 13.0. The minimum atomic E-state index is -6.12. The van der Waals surface area contributed by atoms with Crippen LogP contribution < -0.4 is 0 Å². The average molecular weight is 359 g/mol. The first-order valence-corrected chi connectivity index (χ1v) is 8.76. The summed E-state index contributed by atoms with van der Waals surface area (Å²) in [7, 11) is -6.12. The van der Waals surface area contributed by atoms with Crippen LogP contribution in [0.2, 0.25) is 0 Å². The van der Waals surface area contributed by atoms with Gasteiger partial charge in [-0.2, -0.15) is 8.78 Å². The Morgan fingerprint density at radius 3 is 2.48 bits per heavy atom. The number of carbonyl (C=O) groups excluding carboxylic acids is 1. The Morgan fingerprint density at radius 1 is 1.39 bits per heavy atom. The van der Waals surface area contributed by atoms with Crippen molar-refractivity contribution in [3.8, 4) is 0 Å². The Bertz CT molecular complexity index is 558. The van der Waals surface area contributed by atoms with Gasteiger partial charge in [0.25, 0.3) is 0 Å². The number of rotatable bonds is 7. The van der Waals surface area contributed by atoms with Crippen molar-refractivity contribution in [1.82, 2.24) is 0 Å².